The van der Waals surface area contributed by atoms with Crippen LogP contribution < -0.4 is 19.5 Å². The van der Waals surface area contributed by atoms with Gasteiger partial charge in [-0.05, 0) is 25.8 Å². The Morgan fingerprint density at radius 3 is 2.76 bits per heavy atom. The molecule has 0 spiro atoms. The maximum Gasteiger partial charge on any atom is 0.231 e. The Kier molecular flexibility index (Phi) is 4.83. The first-order valence-electron chi connectivity index (χ1n) is 7.73. The zero-order valence-corrected chi connectivity index (χ0v) is 12.5. The third-order valence-electron chi connectivity index (χ3n) is 3.61. The molecule has 0 saturated heterocycles. The Hall–Kier alpha value is -1.46. The zero-order chi connectivity index (χ0) is 14.5. The molecule has 116 valence electrons. The Morgan fingerprint density at radius 1 is 1.19 bits per heavy atom. The standard InChI is InChI=1S/C16H23NO4/c1-2-18-6-3-7-19-14-9-16-15(20-11-21-16)8-12(14)10-17-13-4-5-13/h8-9,13,17H,2-7,10-11H2,1H3. The molecule has 0 unspecified atom stereocenters. The molecule has 0 radical (unpaired) electrons. The molecule has 5 heteroatoms. The van der Waals surface area contributed by atoms with Crippen LogP contribution in [-0.2, 0) is 11.3 Å². The Balaban J connectivity index is 1.61. The largest absolute Gasteiger partial charge is 0.493 e. The van der Waals surface area contributed by atoms with Gasteiger partial charge in [0, 0.05) is 43.9 Å². The molecule has 1 aromatic carbocycles. The van der Waals surface area contributed by atoms with Gasteiger partial charge < -0.3 is 24.3 Å². The van der Waals surface area contributed by atoms with Crippen LogP contribution in [0.2, 0.25) is 0 Å². The van der Waals surface area contributed by atoms with E-state index in [0.717, 1.165) is 49.0 Å². The minimum absolute atomic E-state index is 0.290. The lowest BCUT2D eigenvalue weighted by molar-refractivity contribution is 0.130. The predicted molar refractivity (Wildman–Crippen MR) is 79.0 cm³/mol. The van der Waals surface area contributed by atoms with E-state index < -0.39 is 0 Å². The average Bonchev–Trinajstić information content (AvgIpc) is 3.21. The van der Waals surface area contributed by atoms with E-state index in [-0.39, 0.29) is 0 Å². The zero-order valence-electron chi connectivity index (χ0n) is 12.5. The molecule has 5 nitrogen and oxygen atoms in total. The number of hydrogen-bond acceptors (Lipinski definition) is 5. The lowest BCUT2D eigenvalue weighted by atomic mass is 10.1. The van der Waals surface area contributed by atoms with Crippen molar-refractivity contribution in [3.8, 4) is 17.2 Å². The fourth-order valence-corrected chi connectivity index (χ4v) is 2.27. The number of nitrogens with one attached hydrogen (secondary N) is 1. The van der Waals surface area contributed by atoms with Crippen LogP contribution in [0.1, 0.15) is 31.7 Å². The van der Waals surface area contributed by atoms with Gasteiger partial charge >= 0.3 is 0 Å². The van der Waals surface area contributed by atoms with Crippen molar-refractivity contribution < 1.29 is 18.9 Å². The second kappa shape index (κ2) is 7.00. The van der Waals surface area contributed by atoms with Crippen molar-refractivity contribution in [1.29, 1.82) is 0 Å². The highest BCUT2D eigenvalue weighted by atomic mass is 16.7. The minimum atomic E-state index is 0.290. The highest BCUT2D eigenvalue weighted by Crippen LogP contribution is 2.38. The monoisotopic (exact) mass is 293 g/mol. The van der Waals surface area contributed by atoms with Gasteiger partial charge in [0.15, 0.2) is 11.5 Å². The van der Waals surface area contributed by atoms with Crippen molar-refractivity contribution >= 4 is 0 Å². The third kappa shape index (κ3) is 4.02. The number of fused-ring (bicyclic) bond motifs is 1. The molecular weight excluding hydrogens is 270 g/mol. The van der Waals surface area contributed by atoms with Crippen LogP contribution in [0.3, 0.4) is 0 Å². The van der Waals surface area contributed by atoms with Gasteiger partial charge in [0.05, 0.1) is 6.61 Å². The minimum Gasteiger partial charge on any atom is -0.493 e. The van der Waals surface area contributed by atoms with Gasteiger partial charge in [0.25, 0.3) is 0 Å². The fourth-order valence-electron chi connectivity index (χ4n) is 2.27. The van der Waals surface area contributed by atoms with Gasteiger partial charge in [-0.1, -0.05) is 0 Å². The van der Waals surface area contributed by atoms with Crippen LogP contribution in [0.15, 0.2) is 12.1 Å². The summed E-state index contributed by atoms with van der Waals surface area (Å²) in [5.41, 5.74) is 1.13. The Morgan fingerprint density at radius 2 is 2.00 bits per heavy atom. The molecule has 1 N–H and O–H groups in total. The van der Waals surface area contributed by atoms with Gasteiger partial charge in [-0.3, -0.25) is 0 Å². The predicted octanol–water partition coefficient (Wildman–Crippen LogP) is 2.47. The van der Waals surface area contributed by atoms with Crippen molar-refractivity contribution in [1.82, 2.24) is 5.32 Å². The summed E-state index contributed by atoms with van der Waals surface area (Å²) in [5, 5.41) is 3.51. The van der Waals surface area contributed by atoms with E-state index in [2.05, 4.69) is 5.32 Å². The van der Waals surface area contributed by atoms with Crippen molar-refractivity contribution in [2.24, 2.45) is 0 Å². The normalized spacial score (nSPS) is 16.2. The molecule has 0 bridgehead atoms. The fraction of sp³-hybridized carbons (Fsp3) is 0.625. The molecule has 1 fully saturated rings. The molecule has 0 amide bonds. The molecule has 1 aliphatic heterocycles. The maximum absolute atomic E-state index is 5.91. The van der Waals surface area contributed by atoms with Gasteiger partial charge in [-0.2, -0.15) is 0 Å². The van der Waals surface area contributed by atoms with E-state index in [4.69, 9.17) is 18.9 Å². The van der Waals surface area contributed by atoms with Crippen molar-refractivity contribution in [2.75, 3.05) is 26.6 Å². The molecule has 3 rings (SSSR count). The summed E-state index contributed by atoms with van der Waals surface area (Å²) in [4.78, 5) is 0. The SMILES string of the molecule is CCOCCCOc1cc2c(cc1CNC1CC1)OCO2. The average molecular weight is 293 g/mol. The number of benzene rings is 1. The number of hydrogen-bond donors (Lipinski definition) is 1. The van der Waals surface area contributed by atoms with E-state index in [1.54, 1.807) is 0 Å². The Labute approximate surface area is 125 Å². The quantitative estimate of drug-likeness (QED) is 0.709. The molecular formula is C16H23NO4. The van der Waals surface area contributed by atoms with E-state index in [1.807, 2.05) is 19.1 Å². The second-order valence-corrected chi connectivity index (χ2v) is 5.37. The summed E-state index contributed by atoms with van der Waals surface area (Å²) in [6, 6.07) is 4.63. The van der Waals surface area contributed by atoms with Crippen LogP contribution >= 0.6 is 0 Å². The summed E-state index contributed by atoms with van der Waals surface area (Å²) in [6.45, 7) is 5.23. The number of rotatable bonds is 9. The molecule has 0 atom stereocenters. The van der Waals surface area contributed by atoms with Gasteiger partial charge in [-0.25, -0.2) is 0 Å². The smallest absolute Gasteiger partial charge is 0.231 e. The van der Waals surface area contributed by atoms with E-state index in [9.17, 15) is 0 Å². The van der Waals surface area contributed by atoms with Crippen LogP contribution in [0.25, 0.3) is 0 Å². The van der Waals surface area contributed by atoms with Gasteiger partial charge in [0.1, 0.15) is 5.75 Å². The first kappa shape index (κ1) is 14.5. The molecule has 0 aromatic heterocycles. The highest BCUT2D eigenvalue weighted by Gasteiger charge is 2.22. The molecule has 2 aliphatic rings. The van der Waals surface area contributed by atoms with E-state index in [0.29, 0.717) is 19.4 Å². The van der Waals surface area contributed by atoms with Crippen molar-refractivity contribution in [3.05, 3.63) is 17.7 Å². The topological polar surface area (TPSA) is 49.0 Å². The summed E-state index contributed by atoms with van der Waals surface area (Å²) in [6.07, 6.45) is 3.43. The van der Waals surface area contributed by atoms with Crippen molar-refractivity contribution in [3.63, 3.8) is 0 Å². The summed E-state index contributed by atoms with van der Waals surface area (Å²) in [5.74, 6) is 2.46. The number of ether oxygens (including phenoxy) is 4. The highest BCUT2D eigenvalue weighted by molar-refractivity contribution is 5.51. The first-order chi connectivity index (χ1) is 10.4. The molecule has 1 heterocycles. The van der Waals surface area contributed by atoms with E-state index >= 15 is 0 Å². The lowest BCUT2D eigenvalue weighted by Crippen LogP contribution is -2.16. The third-order valence-corrected chi connectivity index (χ3v) is 3.61. The maximum atomic E-state index is 5.91. The summed E-state index contributed by atoms with van der Waals surface area (Å²) >= 11 is 0. The van der Waals surface area contributed by atoms with Crippen LogP contribution in [0.4, 0.5) is 0 Å². The molecule has 1 aromatic rings. The lowest BCUT2D eigenvalue weighted by Gasteiger charge is -2.13. The first-order valence-corrected chi connectivity index (χ1v) is 7.73. The summed E-state index contributed by atoms with van der Waals surface area (Å²) < 4.78 is 22.1. The molecule has 21 heavy (non-hydrogen) atoms. The second-order valence-electron chi connectivity index (χ2n) is 5.37. The molecule has 1 saturated carbocycles. The Bertz CT molecular complexity index is 474. The van der Waals surface area contributed by atoms with Crippen molar-refractivity contribution in [2.45, 2.75) is 38.8 Å². The van der Waals surface area contributed by atoms with Crippen LogP contribution in [0.5, 0.6) is 17.2 Å². The van der Waals surface area contributed by atoms with Crippen LogP contribution in [-0.4, -0.2) is 32.7 Å². The van der Waals surface area contributed by atoms with Crippen LogP contribution in [0, 0.1) is 0 Å². The summed E-state index contributed by atoms with van der Waals surface area (Å²) in [7, 11) is 0. The van der Waals surface area contributed by atoms with Gasteiger partial charge in [0.2, 0.25) is 6.79 Å². The molecule has 1 aliphatic carbocycles. The van der Waals surface area contributed by atoms with Gasteiger partial charge in [-0.15, -0.1) is 0 Å². The van der Waals surface area contributed by atoms with E-state index in [1.165, 1.54) is 12.8 Å².